The van der Waals surface area contributed by atoms with Crippen LogP contribution in [0.5, 0.6) is 0 Å². The lowest BCUT2D eigenvalue weighted by atomic mass is 9.73. The number of amides is 1. The summed E-state index contributed by atoms with van der Waals surface area (Å²) in [6, 6.07) is 9.89. The van der Waals surface area contributed by atoms with E-state index in [1.165, 1.54) is 11.3 Å². The Morgan fingerprint density at radius 2 is 1.89 bits per heavy atom. The molecule has 0 saturated carbocycles. The van der Waals surface area contributed by atoms with Crippen LogP contribution < -0.4 is 5.32 Å². The summed E-state index contributed by atoms with van der Waals surface area (Å²) >= 11 is 1.49. The Morgan fingerprint density at radius 3 is 2.56 bits per heavy atom. The number of aryl methyl sites for hydroxylation is 2. The third-order valence-electron chi connectivity index (χ3n) is 4.85. The second kappa shape index (κ2) is 7.21. The lowest BCUT2D eigenvalue weighted by molar-refractivity contribution is -0.125. The molecule has 1 N–H and O–H groups in total. The average molecular weight is 384 g/mol. The quantitative estimate of drug-likeness (QED) is 0.740. The van der Waals surface area contributed by atoms with E-state index in [0.29, 0.717) is 31.9 Å². The molecule has 0 unspecified atom stereocenters. The van der Waals surface area contributed by atoms with E-state index >= 15 is 0 Å². The van der Waals surface area contributed by atoms with E-state index in [1.54, 1.807) is 0 Å². The summed E-state index contributed by atoms with van der Waals surface area (Å²) < 4.78 is 11.2. The first-order valence-corrected chi connectivity index (χ1v) is 9.63. The molecule has 2 aromatic heterocycles. The van der Waals surface area contributed by atoms with Gasteiger partial charge >= 0.3 is 6.01 Å². The molecule has 0 spiro atoms. The number of ether oxygens (including phenoxy) is 1. The number of carbonyl (C=O) groups is 1. The van der Waals surface area contributed by atoms with Gasteiger partial charge in [-0.1, -0.05) is 35.4 Å². The minimum absolute atomic E-state index is 0.0993. The van der Waals surface area contributed by atoms with Crippen LogP contribution in [0.2, 0.25) is 0 Å². The topological polar surface area (TPSA) is 90.1 Å². The van der Waals surface area contributed by atoms with Crippen LogP contribution >= 0.6 is 11.3 Å². The first kappa shape index (κ1) is 17.8. The van der Waals surface area contributed by atoms with Crippen molar-refractivity contribution in [3.8, 4) is 10.8 Å². The highest BCUT2D eigenvalue weighted by Gasteiger charge is 2.42. The molecule has 0 bridgehead atoms. The number of nitrogens with zero attached hydrogens (tertiary/aromatic N) is 3. The molecule has 0 radical (unpaired) electrons. The Morgan fingerprint density at radius 1 is 1.15 bits per heavy atom. The Balaban J connectivity index is 1.60. The molecule has 1 amide bonds. The van der Waals surface area contributed by atoms with Gasteiger partial charge in [-0.15, -0.1) is 16.4 Å². The van der Waals surface area contributed by atoms with Crippen molar-refractivity contribution in [1.29, 1.82) is 0 Å². The number of nitrogens with one attached hydrogen (secondary N) is 1. The van der Waals surface area contributed by atoms with E-state index in [-0.39, 0.29) is 11.9 Å². The average Bonchev–Trinajstić information content (AvgIpc) is 3.28. The third-order valence-corrected chi connectivity index (χ3v) is 5.91. The zero-order chi connectivity index (χ0) is 18.9. The van der Waals surface area contributed by atoms with Crippen LogP contribution in [0.15, 0.2) is 34.7 Å². The van der Waals surface area contributed by atoms with Gasteiger partial charge in [0.15, 0.2) is 0 Å². The number of thiazole rings is 1. The standard InChI is InChI=1S/C19H20N4O3S/c1-12-15(27-13(2)20-12)16-22-23-18(26-16)21-17(24)19(8-10-25-11-9-19)14-6-4-3-5-7-14/h3-7H,8-11H2,1-2H3,(H,21,23,24). The molecule has 27 heavy (non-hydrogen) atoms. The van der Waals surface area contributed by atoms with Gasteiger partial charge in [-0.3, -0.25) is 10.1 Å². The summed E-state index contributed by atoms with van der Waals surface area (Å²) in [6.07, 6.45) is 1.22. The number of rotatable bonds is 4. The van der Waals surface area contributed by atoms with Gasteiger partial charge in [0.2, 0.25) is 5.91 Å². The predicted molar refractivity (Wildman–Crippen MR) is 102 cm³/mol. The fourth-order valence-corrected chi connectivity index (χ4v) is 4.28. The molecule has 0 atom stereocenters. The molecule has 7 nitrogen and oxygen atoms in total. The van der Waals surface area contributed by atoms with Gasteiger partial charge in [0.05, 0.1) is 16.1 Å². The highest BCUT2D eigenvalue weighted by atomic mass is 32.1. The molecule has 140 valence electrons. The van der Waals surface area contributed by atoms with Crippen molar-refractivity contribution >= 4 is 23.3 Å². The monoisotopic (exact) mass is 384 g/mol. The second-order valence-corrected chi connectivity index (χ2v) is 7.78. The lowest BCUT2D eigenvalue weighted by Gasteiger charge is -2.35. The summed E-state index contributed by atoms with van der Waals surface area (Å²) in [5, 5.41) is 11.8. The summed E-state index contributed by atoms with van der Waals surface area (Å²) in [7, 11) is 0. The zero-order valence-corrected chi connectivity index (χ0v) is 16.0. The predicted octanol–water partition coefficient (Wildman–Crippen LogP) is 3.50. The summed E-state index contributed by atoms with van der Waals surface area (Å²) in [5.41, 5.74) is 1.15. The maximum absolute atomic E-state index is 13.2. The molecule has 3 heterocycles. The number of aromatic nitrogens is 3. The van der Waals surface area contributed by atoms with Gasteiger partial charge in [0.1, 0.15) is 4.88 Å². The Labute approximate surface area is 160 Å². The van der Waals surface area contributed by atoms with Crippen LogP contribution in [0, 0.1) is 13.8 Å². The molecule has 1 aromatic carbocycles. The van der Waals surface area contributed by atoms with E-state index < -0.39 is 5.41 Å². The summed E-state index contributed by atoms with van der Waals surface area (Å²) in [4.78, 5) is 18.4. The highest BCUT2D eigenvalue weighted by molar-refractivity contribution is 7.15. The molecule has 1 saturated heterocycles. The van der Waals surface area contributed by atoms with E-state index in [4.69, 9.17) is 9.15 Å². The Kier molecular flexibility index (Phi) is 4.75. The van der Waals surface area contributed by atoms with Crippen molar-refractivity contribution < 1.29 is 13.9 Å². The number of anilines is 1. The molecular weight excluding hydrogens is 364 g/mol. The fraction of sp³-hybridized carbons (Fsp3) is 0.368. The van der Waals surface area contributed by atoms with Crippen molar-refractivity contribution in [3.05, 3.63) is 46.6 Å². The van der Waals surface area contributed by atoms with Gasteiger partial charge in [0, 0.05) is 13.2 Å². The van der Waals surface area contributed by atoms with E-state index in [9.17, 15) is 4.79 Å². The zero-order valence-electron chi connectivity index (χ0n) is 15.2. The van der Waals surface area contributed by atoms with Crippen LogP contribution in [0.3, 0.4) is 0 Å². The number of carbonyl (C=O) groups excluding carboxylic acids is 1. The molecule has 8 heteroatoms. The van der Waals surface area contributed by atoms with Crippen LogP contribution in [0.1, 0.15) is 29.1 Å². The van der Waals surface area contributed by atoms with Gasteiger partial charge in [-0.2, -0.15) is 0 Å². The molecule has 1 fully saturated rings. The molecule has 3 aromatic rings. The SMILES string of the molecule is Cc1nc(C)c(-c2nnc(NC(=O)C3(c4ccccc4)CCOCC3)o2)s1. The number of benzene rings is 1. The molecule has 4 rings (SSSR count). The number of hydrogen-bond donors (Lipinski definition) is 1. The third kappa shape index (κ3) is 3.38. The molecular formula is C19H20N4O3S. The van der Waals surface area contributed by atoms with Crippen molar-refractivity contribution in [2.75, 3.05) is 18.5 Å². The van der Waals surface area contributed by atoms with Gasteiger partial charge < -0.3 is 9.15 Å². The second-order valence-electron chi connectivity index (χ2n) is 6.57. The van der Waals surface area contributed by atoms with Crippen LogP contribution in [0.4, 0.5) is 6.01 Å². The van der Waals surface area contributed by atoms with Crippen LogP contribution in [0.25, 0.3) is 10.8 Å². The summed E-state index contributed by atoms with van der Waals surface area (Å²) in [6.45, 7) is 4.90. The Bertz CT molecular complexity index is 945. The van der Waals surface area contributed by atoms with E-state index in [1.807, 2.05) is 44.2 Å². The van der Waals surface area contributed by atoms with Crippen LogP contribution in [-0.4, -0.2) is 34.3 Å². The van der Waals surface area contributed by atoms with Crippen molar-refractivity contribution in [2.45, 2.75) is 32.1 Å². The maximum Gasteiger partial charge on any atom is 0.322 e. The van der Waals surface area contributed by atoms with Gasteiger partial charge in [-0.05, 0) is 32.3 Å². The smallest absolute Gasteiger partial charge is 0.322 e. The highest BCUT2D eigenvalue weighted by Crippen LogP contribution is 2.36. The van der Waals surface area contributed by atoms with Crippen molar-refractivity contribution in [1.82, 2.24) is 15.2 Å². The largest absolute Gasteiger partial charge is 0.402 e. The first-order valence-electron chi connectivity index (χ1n) is 8.81. The van der Waals surface area contributed by atoms with Gasteiger partial charge in [0.25, 0.3) is 5.89 Å². The minimum atomic E-state index is -0.662. The van der Waals surface area contributed by atoms with Crippen molar-refractivity contribution in [3.63, 3.8) is 0 Å². The maximum atomic E-state index is 13.2. The van der Waals surface area contributed by atoms with Crippen LogP contribution in [-0.2, 0) is 14.9 Å². The summed E-state index contributed by atoms with van der Waals surface area (Å²) in [5.74, 6) is 0.221. The van der Waals surface area contributed by atoms with E-state index in [2.05, 4.69) is 20.5 Å². The normalized spacial score (nSPS) is 16.2. The van der Waals surface area contributed by atoms with E-state index in [0.717, 1.165) is 21.1 Å². The molecule has 1 aliphatic rings. The number of hydrogen-bond acceptors (Lipinski definition) is 7. The first-order chi connectivity index (χ1) is 13.1. The minimum Gasteiger partial charge on any atom is -0.402 e. The molecule has 1 aliphatic heterocycles. The molecule has 0 aliphatic carbocycles. The Hall–Kier alpha value is -2.58. The fourth-order valence-electron chi connectivity index (χ4n) is 3.44. The lowest BCUT2D eigenvalue weighted by Crippen LogP contribution is -2.44. The van der Waals surface area contributed by atoms with Crippen molar-refractivity contribution in [2.24, 2.45) is 0 Å². The van der Waals surface area contributed by atoms with Gasteiger partial charge in [-0.25, -0.2) is 4.98 Å².